The lowest BCUT2D eigenvalue weighted by molar-refractivity contribution is -0.119. The molecule has 3 N–H and O–H groups in total. The molecule has 0 saturated heterocycles. The zero-order chi connectivity index (χ0) is 10.9. The highest BCUT2D eigenvalue weighted by molar-refractivity contribution is 5.73. The molecule has 0 spiro atoms. The van der Waals surface area contributed by atoms with E-state index in [2.05, 4.69) is 0 Å². The maximum Gasteiger partial charge on any atom is 0.217 e. The number of nitrogens with two attached hydrogens (primary N) is 1. The van der Waals surface area contributed by atoms with E-state index in [1.807, 2.05) is 24.3 Å². The van der Waals surface area contributed by atoms with Crippen LogP contribution >= 0.6 is 0 Å². The predicted octanol–water partition coefficient (Wildman–Crippen LogP) is 0.782. The number of primary amides is 1. The molecule has 1 amide bonds. The van der Waals surface area contributed by atoms with Crippen LogP contribution < -0.4 is 5.73 Å². The van der Waals surface area contributed by atoms with Crippen molar-refractivity contribution in [2.24, 2.45) is 5.73 Å². The number of benzene rings is 1. The van der Waals surface area contributed by atoms with E-state index in [9.17, 15) is 9.90 Å². The van der Waals surface area contributed by atoms with E-state index in [0.29, 0.717) is 19.3 Å². The maximum atomic E-state index is 10.7. The van der Waals surface area contributed by atoms with Gasteiger partial charge in [0.05, 0.1) is 5.60 Å². The molecule has 0 atom stereocenters. The molecule has 0 saturated carbocycles. The lowest BCUT2D eigenvalue weighted by Crippen LogP contribution is -2.31. The van der Waals surface area contributed by atoms with Gasteiger partial charge in [-0.3, -0.25) is 4.79 Å². The van der Waals surface area contributed by atoms with Gasteiger partial charge in [0, 0.05) is 19.3 Å². The fourth-order valence-corrected chi connectivity index (χ4v) is 2.21. The molecule has 80 valence electrons. The van der Waals surface area contributed by atoms with Crippen molar-refractivity contribution in [3.8, 4) is 0 Å². The quantitative estimate of drug-likeness (QED) is 0.766. The number of hydrogen-bond donors (Lipinski definition) is 2. The van der Waals surface area contributed by atoms with Crippen LogP contribution in [-0.4, -0.2) is 16.6 Å². The summed E-state index contributed by atoms with van der Waals surface area (Å²) in [5, 5.41) is 10.3. The highest BCUT2D eigenvalue weighted by Crippen LogP contribution is 2.32. The third-order valence-corrected chi connectivity index (χ3v) is 2.99. The Morgan fingerprint density at radius 2 is 1.87 bits per heavy atom. The van der Waals surface area contributed by atoms with E-state index < -0.39 is 5.60 Å². The summed E-state index contributed by atoms with van der Waals surface area (Å²) in [5.41, 5.74) is 6.69. The average Bonchev–Trinajstić information content (AvgIpc) is 2.52. The van der Waals surface area contributed by atoms with Gasteiger partial charge in [0.1, 0.15) is 0 Å². The van der Waals surface area contributed by atoms with Crippen LogP contribution in [0.1, 0.15) is 24.0 Å². The van der Waals surface area contributed by atoms with Crippen molar-refractivity contribution in [1.29, 1.82) is 0 Å². The summed E-state index contributed by atoms with van der Waals surface area (Å²) in [6, 6.07) is 7.99. The molecule has 1 aliphatic carbocycles. The molecule has 3 heteroatoms. The Bertz CT molecular complexity index is 362. The van der Waals surface area contributed by atoms with Crippen molar-refractivity contribution < 1.29 is 9.90 Å². The standard InChI is InChI=1S/C12H15NO2/c13-11(14)5-6-12(15)7-9-3-1-2-4-10(9)8-12/h1-4,15H,5-8H2,(H2,13,14). The second-order valence-electron chi connectivity index (χ2n) is 4.31. The SMILES string of the molecule is NC(=O)CCC1(O)Cc2ccccc2C1. The van der Waals surface area contributed by atoms with Crippen molar-refractivity contribution in [1.82, 2.24) is 0 Å². The molecule has 1 aromatic carbocycles. The third kappa shape index (κ3) is 2.18. The van der Waals surface area contributed by atoms with Gasteiger partial charge in [0.25, 0.3) is 0 Å². The average molecular weight is 205 g/mol. The number of carbonyl (C=O) groups excluding carboxylic acids is 1. The molecule has 0 unspecified atom stereocenters. The molecule has 0 aliphatic heterocycles. The van der Waals surface area contributed by atoms with Gasteiger partial charge in [-0.2, -0.15) is 0 Å². The van der Waals surface area contributed by atoms with Crippen LogP contribution in [-0.2, 0) is 17.6 Å². The molecule has 3 nitrogen and oxygen atoms in total. The van der Waals surface area contributed by atoms with Crippen LogP contribution in [0, 0.1) is 0 Å². The molecule has 0 fully saturated rings. The molecular weight excluding hydrogens is 190 g/mol. The van der Waals surface area contributed by atoms with Gasteiger partial charge >= 0.3 is 0 Å². The first kappa shape index (κ1) is 10.2. The van der Waals surface area contributed by atoms with E-state index in [-0.39, 0.29) is 12.3 Å². The predicted molar refractivity (Wildman–Crippen MR) is 57.2 cm³/mol. The van der Waals surface area contributed by atoms with Crippen molar-refractivity contribution in [3.63, 3.8) is 0 Å². The highest BCUT2D eigenvalue weighted by Gasteiger charge is 2.34. The Labute approximate surface area is 88.9 Å². The van der Waals surface area contributed by atoms with E-state index in [1.165, 1.54) is 11.1 Å². The van der Waals surface area contributed by atoms with Crippen molar-refractivity contribution in [3.05, 3.63) is 35.4 Å². The van der Waals surface area contributed by atoms with E-state index in [1.54, 1.807) is 0 Å². The van der Waals surface area contributed by atoms with Crippen LogP contribution in [0.5, 0.6) is 0 Å². The van der Waals surface area contributed by atoms with Crippen molar-refractivity contribution in [2.75, 3.05) is 0 Å². The molecular formula is C12H15NO2. The smallest absolute Gasteiger partial charge is 0.217 e. The lowest BCUT2D eigenvalue weighted by atomic mass is 9.94. The molecule has 0 radical (unpaired) electrons. The number of rotatable bonds is 3. The number of amides is 1. The minimum absolute atomic E-state index is 0.254. The van der Waals surface area contributed by atoms with Gasteiger partial charge in [-0.1, -0.05) is 24.3 Å². The monoisotopic (exact) mass is 205 g/mol. The zero-order valence-electron chi connectivity index (χ0n) is 8.57. The van der Waals surface area contributed by atoms with Crippen LogP contribution in [0.15, 0.2) is 24.3 Å². The van der Waals surface area contributed by atoms with Crippen LogP contribution in [0.2, 0.25) is 0 Å². The Balaban J connectivity index is 2.07. The molecule has 0 heterocycles. The summed E-state index contributed by atoms with van der Waals surface area (Å²) >= 11 is 0. The van der Waals surface area contributed by atoms with E-state index in [4.69, 9.17) is 5.73 Å². The first-order chi connectivity index (χ1) is 7.09. The van der Waals surface area contributed by atoms with Gasteiger partial charge in [-0.15, -0.1) is 0 Å². The molecule has 15 heavy (non-hydrogen) atoms. The van der Waals surface area contributed by atoms with E-state index in [0.717, 1.165) is 0 Å². The summed E-state index contributed by atoms with van der Waals surface area (Å²) in [5.74, 6) is -0.348. The normalized spacial score (nSPS) is 17.4. The highest BCUT2D eigenvalue weighted by atomic mass is 16.3. The number of hydrogen-bond acceptors (Lipinski definition) is 2. The molecule has 0 bridgehead atoms. The molecule has 0 aromatic heterocycles. The Morgan fingerprint density at radius 3 is 2.33 bits per heavy atom. The molecule has 2 rings (SSSR count). The summed E-state index contributed by atoms with van der Waals surface area (Å²) in [6.45, 7) is 0. The fraction of sp³-hybridized carbons (Fsp3) is 0.417. The Morgan fingerprint density at radius 1 is 1.33 bits per heavy atom. The minimum Gasteiger partial charge on any atom is -0.389 e. The van der Waals surface area contributed by atoms with Gasteiger partial charge < -0.3 is 10.8 Å². The Hall–Kier alpha value is -1.35. The van der Waals surface area contributed by atoms with Crippen LogP contribution in [0.3, 0.4) is 0 Å². The maximum absolute atomic E-state index is 10.7. The minimum atomic E-state index is -0.765. The number of carbonyl (C=O) groups is 1. The number of fused-ring (bicyclic) bond motifs is 1. The second kappa shape index (κ2) is 3.66. The fourth-order valence-electron chi connectivity index (χ4n) is 2.21. The van der Waals surface area contributed by atoms with Crippen molar-refractivity contribution in [2.45, 2.75) is 31.3 Å². The van der Waals surface area contributed by atoms with Gasteiger partial charge in [0.15, 0.2) is 0 Å². The van der Waals surface area contributed by atoms with Crippen molar-refractivity contribution >= 4 is 5.91 Å². The van der Waals surface area contributed by atoms with Gasteiger partial charge in [-0.25, -0.2) is 0 Å². The van der Waals surface area contributed by atoms with Gasteiger partial charge in [0.2, 0.25) is 5.91 Å². The largest absolute Gasteiger partial charge is 0.389 e. The Kier molecular flexibility index (Phi) is 2.49. The lowest BCUT2D eigenvalue weighted by Gasteiger charge is -2.20. The second-order valence-corrected chi connectivity index (χ2v) is 4.31. The zero-order valence-corrected chi connectivity index (χ0v) is 8.57. The molecule has 1 aromatic rings. The first-order valence-corrected chi connectivity index (χ1v) is 5.17. The van der Waals surface area contributed by atoms with Gasteiger partial charge in [-0.05, 0) is 17.5 Å². The summed E-state index contributed by atoms with van der Waals surface area (Å²) < 4.78 is 0. The van der Waals surface area contributed by atoms with E-state index >= 15 is 0 Å². The summed E-state index contributed by atoms with van der Waals surface area (Å²) in [7, 11) is 0. The summed E-state index contributed by atoms with van der Waals surface area (Å²) in [4.78, 5) is 10.7. The summed E-state index contributed by atoms with van der Waals surface area (Å²) in [6.07, 6.45) is 1.98. The number of aliphatic hydroxyl groups is 1. The first-order valence-electron chi connectivity index (χ1n) is 5.17. The third-order valence-electron chi connectivity index (χ3n) is 2.99. The van der Waals surface area contributed by atoms with Crippen LogP contribution in [0.25, 0.3) is 0 Å². The van der Waals surface area contributed by atoms with Crippen LogP contribution in [0.4, 0.5) is 0 Å². The topological polar surface area (TPSA) is 63.3 Å². The molecule has 1 aliphatic rings.